The zero-order valence-corrected chi connectivity index (χ0v) is 10.3. The standard InChI is InChI=1S/C12H14N4O2/c1-8-4-3-5-10(13)11(8)12(17)18-7-9-6-16(2)15-14-9/h3-6H,7,13H2,1-2H3. The highest BCUT2D eigenvalue weighted by Crippen LogP contribution is 2.17. The Balaban J connectivity index is 2.08. The van der Waals surface area contributed by atoms with Gasteiger partial charge in [-0.05, 0) is 18.6 Å². The van der Waals surface area contributed by atoms with Crippen molar-refractivity contribution in [3.8, 4) is 0 Å². The van der Waals surface area contributed by atoms with Crippen LogP contribution in [0.5, 0.6) is 0 Å². The lowest BCUT2D eigenvalue weighted by atomic mass is 10.1. The number of nitrogens with zero attached hydrogens (tertiary/aromatic N) is 3. The molecule has 0 radical (unpaired) electrons. The fourth-order valence-corrected chi connectivity index (χ4v) is 1.64. The zero-order chi connectivity index (χ0) is 13.1. The van der Waals surface area contributed by atoms with E-state index in [0.717, 1.165) is 5.56 Å². The minimum absolute atomic E-state index is 0.0838. The molecule has 1 aromatic carbocycles. The molecule has 6 heteroatoms. The number of nitrogens with two attached hydrogens (primary N) is 1. The van der Waals surface area contributed by atoms with Gasteiger partial charge in [-0.2, -0.15) is 0 Å². The van der Waals surface area contributed by atoms with E-state index >= 15 is 0 Å². The highest BCUT2D eigenvalue weighted by atomic mass is 16.5. The van der Waals surface area contributed by atoms with Crippen LogP contribution >= 0.6 is 0 Å². The maximum absolute atomic E-state index is 11.9. The first-order valence-corrected chi connectivity index (χ1v) is 5.45. The Morgan fingerprint density at radius 1 is 1.50 bits per heavy atom. The molecule has 0 fully saturated rings. The van der Waals surface area contributed by atoms with Gasteiger partial charge < -0.3 is 10.5 Å². The number of ether oxygens (including phenoxy) is 1. The van der Waals surface area contributed by atoms with E-state index in [1.165, 1.54) is 0 Å². The molecule has 0 aliphatic rings. The molecule has 0 atom stereocenters. The van der Waals surface area contributed by atoms with Crippen molar-refractivity contribution in [1.82, 2.24) is 15.0 Å². The lowest BCUT2D eigenvalue weighted by molar-refractivity contribution is 0.0468. The third kappa shape index (κ3) is 2.48. The van der Waals surface area contributed by atoms with Gasteiger partial charge in [-0.3, -0.25) is 4.68 Å². The Labute approximate surface area is 104 Å². The number of carbonyl (C=O) groups excluding carboxylic acids is 1. The van der Waals surface area contributed by atoms with E-state index in [9.17, 15) is 4.79 Å². The third-order valence-corrected chi connectivity index (χ3v) is 2.51. The second-order valence-electron chi connectivity index (χ2n) is 4.00. The predicted molar refractivity (Wildman–Crippen MR) is 65.7 cm³/mol. The van der Waals surface area contributed by atoms with Crippen LogP contribution in [0.25, 0.3) is 0 Å². The number of benzene rings is 1. The molecule has 18 heavy (non-hydrogen) atoms. The molecule has 0 aliphatic heterocycles. The van der Waals surface area contributed by atoms with Crippen LogP contribution in [-0.4, -0.2) is 21.0 Å². The molecule has 0 spiro atoms. The molecule has 2 aromatic rings. The second-order valence-corrected chi connectivity index (χ2v) is 4.00. The van der Waals surface area contributed by atoms with Gasteiger partial charge in [-0.1, -0.05) is 17.3 Å². The molecule has 0 amide bonds. The summed E-state index contributed by atoms with van der Waals surface area (Å²) in [5.74, 6) is -0.448. The van der Waals surface area contributed by atoms with Gasteiger partial charge in [0.25, 0.3) is 0 Å². The van der Waals surface area contributed by atoms with E-state index < -0.39 is 5.97 Å². The summed E-state index contributed by atoms with van der Waals surface area (Å²) >= 11 is 0. The van der Waals surface area contributed by atoms with Gasteiger partial charge in [0.1, 0.15) is 12.3 Å². The van der Waals surface area contributed by atoms with E-state index in [2.05, 4.69) is 10.3 Å². The minimum atomic E-state index is -0.448. The van der Waals surface area contributed by atoms with Crippen molar-refractivity contribution in [1.29, 1.82) is 0 Å². The second kappa shape index (κ2) is 4.87. The number of hydrogen-bond donors (Lipinski definition) is 1. The molecule has 0 aliphatic carbocycles. The van der Waals surface area contributed by atoms with Gasteiger partial charge in [-0.25, -0.2) is 4.79 Å². The third-order valence-electron chi connectivity index (χ3n) is 2.51. The molecular weight excluding hydrogens is 232 g/mol. The number of esters is 1. The Hall–Kier alpha value is -2.37. The molecule has 0 saturated heterocycles. The smallest absolute Gasteiger partial charge is 0.340 e. The number of nitrogen functional groups attached to an aromatic ring is 1. The first-order valence-electron chi connectivity index (χ1n) is 5.45. The fourth-order valence-electron chi connectivity index (χ4n) is 1.64. The summed E-state index contributed by atoms with van der Waals surface area (Å²) < 4.78 is 6.70. The first kappa shape index (κ1) is 12.1. The highest BCUT2D eigenvalue weighted by molar-refractivity contribution is 5.96. The quantitative estimate of drug-likeness (QED) is 0.646. The maximum Gasteiger partial charge on any atom is 0.340 e. The van der Waals surface area contributed by atoms with Crippen molar-refractivity contribution in [2.45, 2.75) is 13.5 Å². The zero-order valence-electron chi connectivity index (χ0n) is 10.3. The van der Waals surface area contributed by atoms with E-state index in [4.69, 9.17) is 10.5 Å². The molecule has 6 nitrogen and oxygen atoms in total. The van der Waals surface area contributed by atoms with Crippen molar-refractivity contribution in [3.63, 3.8) is 0 Å². The summed E-state index contributed by atoms with van der Waals surface area (Å²) in [5, 5.41) is 7.58. The van der Waals surface area contributed by atoms with E-state index in [1.54, 1.807) is 30.1 Å². The van der Waals surface area contributed by atoms with Crippen LogP contribution in [0.2, 0.25) is 0 Å². The van der Waals surface area contributed by atoms with Gasteiger partial charge in [0.15, 0.2) is 0 Å². The van der Waals surface area contributed by atoms with E-state index in [-0.39, 0.29) is 6.61 Å². The SMILES string of the molecule is Cc1cccc(N)c1C(=O)OCc1cn(C)nn1. The normalized spacial score (nSPS) is 10.3. The van der Waals surface area contributed by atoms with Crippen LogP contribution in [0.4, 0.5) is 5.69 Å². The van der Waals surface area contributed by atoms with E-state index in [1.807, 2.05) is 13.0 Å². The molecule has 0 unspecified atom stereocenters. The number of rotatable bonds is 3. The van der Waals surface area contributed by atoms with Crippen LogP contribution in [0.3, 0.4) is 0 Å². The Kier molecular flexibility index (Phi) is 3.27. The van der Waals surface area contributed by atoms with Gasteiger partial charge in [0.05, 0.1) is 11.8 Å². The highest BCUT2D eigenvalue weighted by Gasteiger charge is 2.14. The summed E-state index contributed by atoms with van der Waals surface area (Å²) in [6.45, 7) is 1.90. The Morgan fingerprint density at radius 2 is 2.28 bits per heavy atom. The minimum Gasteiger partial charge on any atom is -0.455 e. The van der Waals surface area contributed by atoms with Crippen molar-refractivity contribution in [3.05, 3.63) is 41.2 Å². The summed E-state index contributed by atoms with van der Waals surface area (Å²) in [7, 11) is 1.75. The summed E-state index contributed by atoms with van der Waals surface area (Å²) in [6.07, 6.45) is 1.69. The van der Waals surface area contributed by atoms with E-state index in [0.29, 0.717) is 16.9 Å². The monoisotopic (exact) mass is 246 g/mol. The number of anilines is 1. The predicted octanol–water partition coefficient (Wildman–Crippen LogP) is 1.06. The fraction of sp³-hybridized carbons (Fsp3) is 0.250. The first-order chi connectivity index (χ1) is 8.58. The average Bonchev–Trinajstić information content (AvgIpc) is 2.72. The van der Waals surface area contributed by atoms with Gasteiger partial charge in [0.2, 0.25) is 0 Å². The average molecular weight is 246 g/mol. The topological polar surface area (TPSA) is 83.0 Å². The van der Waals surface area contributed by atoms with Gasteiger partial charge in [0, 0.05) is 12.7 Å². The summed E-state index contributed by atoms with van der Waals surface area (Å²) in [4.78, 5) is 11.9. The van der Waals surface area contributed by atoms with Crippen LogP contribution in [0.15, 0.2) is 24.4 Å². The van der Waals surface area contributed by atoms with Crippen LogP contribution < -0.4 is 5.73 Å². The largest absolute Gasteiger partial charge is 0.455 e. The molecule has 2 rings (SSSR count). The molecule has 2 N–H and O–H groups in total. The molecule has 1 aromatic heterocycles. The molecule has 94 valence electrons. The Bertz CT molecular complexity index is 557. The lowest BCUT2D eigenvalue weighted by Gasteiger charge is -2.08. The number of hydrogen-bond acceptors (Lipinski definition) is 5. The van der Waals surface area contributed by atoms with Crippen molar-refractivity contribution >= 4 is 11.7 Å². The van der Waals surface area contributed by atoms with Crippen LogP contribution in [0, 0.1) is 6.92 Å². The molecule has 1 heterocycles. The Morgan fingerprint density at radius 3 is 2.89 bits per heavy atom. The van der Waals surface area contributed by atoms with Crippen LogP contribution in [0.1, 0.15) is 21.6 Å². The van der Waals surface area contributed by atoms with Gasteiger partial charge >= 0.3 is 5.97 Å². The maximum atomic E-state index is 11.9. The molecular formula is C12H14N4O2. The summed E-state index contributed by atoms with van der Waals surface area (Å²) in [5.41, 5.74) is 7.97. The van der Waals surface area contributed by atoms with Gasteiger partial charge in [-0.15, -0.1) is 5.10 Å². The lowest BCUT2D eigenvalue weighted by Crippen LogP contribution is -2.10. The number of aryl methyl sites for hydroxylation is 2. The van der Waals surface area contributed by atoms with Crippen LogP contribution in [-0.2, 0) is 18.4 Å². The van der Waals surface area contributed by atoms with Crippen molar-refractivity contribution < 1.29 is 9.53 Å². The van der Waals surface area contributed by atoms with Crippen molar-refractivity contribution in [2.24, 2.45) is 7.05 Å². The molecule has 0 saturated carbocycles. The number of carbonyl (C=O) groups is 1. The molecule has 0 bridgehead atoms. The number of aromatic nitrogens is 3. The van der Waals surface area contributed by atoms with Crippen molar-refractivity contribution in [2.75, 3.05) is 5.73 Å². The summed E-state index contributed by atoms with van der Waals surface area (Å²) in [6, 6.07) is 5.28.